The summed E-state index contributed by atoms with van der Waals surface area (Å²) in [5.41, 5.74) is 1.20. The van der Waals surface area contributed by atoms with Crippen molar-refractivity contribution in [2.75, 3.05) is 6.61 Å². The highest BCUT2D eigenvalue weighted by Gasteiger charge is 2.23. The van der Waals surface area contributed by atoms with E-state index in [-0.39, 0.29) is 5.56 Å². The molecule has 0 amide bonds. The SMILES string of the molecule is C=CCc1cc(C=Nn2c(C(C)(C)C)nc3ccc(Br)cc3c2=O)cc(OCC)c1O[C@H](C)C(=O)O. The van der Waals surface area contributed by atoms with Gasteiger partial charge in [-0.05, 0) is 56.2 Å². The quantitative estimate of drug-likeness (QED) is 0.283. The Morgan fingerprint density at radius 2 is 2.03 bits per heavy atom. The summed E-state index contributed by atoms with van der Waals surface area (Å²) < 4.78 is 13.6. The zero-order valence-corrected chi connectivity index (χ0v) is 22.6. The maximum absolute atomic E-state index is 13.4. The number of benzene rings is 2. The third kappa shape index (κ3) is 6.02. The van der Waals surface area contributed by atoms with E-state index in [1.807, 2.05) is 39.8 Å². The number of aromatic nitrogens is 2. The van der Waals surface area contributed by atoms with Crippen LogP contribution >= 0.6 is 15.9 Å². The summed E-state index contributed by atoms with van der Waals surface area (Å²) in [5, 5.41) is 14.3. The number of halogens is 1. The molecule has 8 nitrogen and oxygen atoms in total. The first kappa shape index (κ1) is 27.1. The molecule has 0 aliphatic heterocycles. The molecule has 190 valence electrons. The largest absolute Gasteiger partial charge is 0.490 e. The predicted molar refractivity (Wildman–Crippen MR) is 145 cm³/mol. The van der Waals surface area contributed by atoms with Gasteiger partial charge in [-0.15, -0.1) is 6.58 Å². The highest BCUT2D eigenvalue weighted by molar-refractivity contribution is 9.10. The molecule has 1 aromatic heterocycles. The summed E-state index contributed by atoms with van der Waals surface area (Å²) in [4.78, 5) is 29.5. The Bertz CT molecular complexity index is 1390. The van der Waals surface area contributed by atoms with Gasteiger partial charge in [-0.3, -0.25) is 4.79 Å². The van der Waals surface area contributed by atoms with Gasteiger partial charge in [0, 0.05) is 15.5 Å². The highest BCUT2D eigenvalue weighted by Crippen LogP contribution is 2.34. The van der Waals surface area contributed by atoms with E-state index in [0.29, 0.717) is 52.4 Å². The Labute approximate surface area is 218 Å². The van der Waals surface area contributed by atoms with E-state index in [4.69, 9.17) is 14.5 Å². The number of carboxylic acid groups (broad SMARTS) is 1. The first-order valence-corrected chi connectivity index (χ1v) is 12.3. The molecule has 0 saturated heterocycles. The molecular formula is C27H30BrN3O5. The van der Waals surface area contributed by atoms with Crippen LogP contribution in [0.2, 0.25) is 0 Å². The van der Waals surface area contributed by atoms with Gasteiger partial charge in [0.05, 0.1) is 23.7 Å². The Morgan fingerprint density at radius 3 is 2.64 bits per heavy atom. The molecule has 0 radical (unpaired) electrons. The molecule has 0 aliphatic carbocycles. The molecule has 1 atom stereocenters. The number of allylic oxidation sites excluding steroid dienone is 1. The van der Waals surface area contributed by atoms with Gasteiger partial charge in [-0.25, -0.2) is 9.78 Å². The second-order valence-electron chi connectivity index (χ2n) is 9.24. The van der Waals surface area contributed by atoms with Crippen molar-refractivity contribution in [3.8, 4) is 11.5 Å². The van der Waals surface area contributed by atoms with Crippen LogP contribution in [0, 0.1) is 0 Å². The lowest BCUT2D eigenvalue weighted by Crippen LogP contribution is -2.29. The number of hydrogen-bond acceptors (Lipinski definition) is 6. The molecule has 0 saturated carbocycles. The fraction of sp³-hybridized carbons (Fsp3) is 0.333. The summed E-state index contributed by atoms with van der Waals surface area (Å²) >= 11 is 3.42. The van der Waals surface area contributed by atoms with Gasteiger partial charge in [0.1, 0.15) is 5.82 Å². The van der Waals surface area contributed by atoms with E-state index >= 15 is 0 Å². The molecular weight excluding hydrogens is 526 g/mol. The average Bonchev–Trinajstić information content (AvgIpc) is 2.80. The smallest absolute Gasteiger partial charge is 0.344 e. The van der Waals surface area contributed by atoms with Crippen molar-refractivity contribution in [2.24, 2.45) is 5.10 Å². The second-order valence-corrected chi connectivity index (χ2v) is 10.2. The van der Waals surface area contributed by atoms with Crippen LogP contribution in [0.15, 0.2) is 57.4 Å². The molecule has 1 heterocycles. The summed E-state index contributed by atoms with van der Waals surface area (Å²) in [7, 11) is 0. The van der Waals surface area contributed by atoms with Crippen molar-refractivity contribution in [1.82, 2.24) is 9.66 Å². The van der Waals surface area contributed by atoms with Gasteiger partial charge < -0.3 is 14.6 Å². The minimum Gasteiger partial charge on any atom is -0.490 e. The zero-order chi connectivity index (χ0) is 26.6. The molecule has 3 rings (SSSR count). The first-order valence-electron chi connectivity index (χ1n) is 11.5. The minimum absolute atomic E-state index is 0.283. The van der Waals surface area contributed by atoms with E-state index in [0.717, 1.165) is 4.47 Å². The Kier molecular flexibility index (Phi) is 8.35. The Morgan fingerprint density at radius 1 is 1.31 bits per heavy atom. The van der Waals surface area contributed by atoms with Gasteiger partial charge in [-0.1, -0.05) is 42.8 Å². The van der Waals surface area contributed by atoms with Crippen molar-refractivity contribution in [3.05, 3.63) is 74.8 Å². The van der Waals surface area contributed by atoms with Crippen LogP contribution in [0.25, 0.3) is 10.9 Å². The molecule has 0 unspecified atom stereocenters. The molecule has 2 aromatic carbocycles. The number of rotatable bonds is 9. The van der Waals surface area contributed by atoms with Gasteiger partial charge in [-0.2, -0.15) is 9.78 Å². The van der Waals surface area contributed by atoms with E-state index in [9.17, 15) is 14.7 Å². The molecule has 1 N–H and O–H groups in total. The third-order valence-corrected chi connectivity index (χ3v) is 5.76. The van der Waals surface area contributed by atoms with E-state index in [1.165, 1.54) is 11.6 Å². The van der Waals surface area contributed by atoms with E-state index in [2.05, 4.69) is 27.6 Å². The number of fused-ring (bicyclic) bond motifs is 1. The predicted octanol–water partition coefficient (Wildman–Crippen LogP) is 5.32. The van der Waals surface area contributed by atoms with Crippen molar-refractivity contribution in [1.29, 1.82) is 0 Å². The molecule has 3 aromatic rings. The van der Waals surface area contributed by atoms with Crippen LogP contribution in [0.1, 0.15) is 51.6 Å². The summed E-state index contributed by atoms with van der Waals surface area (Å²) in [6.45, 7) is 13.3. The van der Waals surface area contributed by atoms with Crippen molar-refractivity contribution < 1.29 is 19.4 Å². The number of ether oxygens (including phenoxy) is 2. The number of carboxylic acids is 1. The highest BCUT2D eigenvalue weighted by atomic mass is 79.9. The maximum Gasteiger partial charge on any atom is 0.344 e. The lowest BCUT2D eigenvalue weighted by atomic mass is 9.95. The summed E-state index contributed by atoms with van der Waals surface area (Å²) in [6, 6.07) is 8.89. The monoisotopic (exact) mass is 555 g/mol. The fourth-order valence-electron chi connectivity index (χ4n) is 3.55. The normalized spacial score (nSPS) is 12.6. The average molecular weight is 556 g/mol. The molecule has 0 fully saturated rings. The fourth-order valence-corrected chi connectivity index (χ4v) is 3.92. The molecule has 0 spiro atoms. The zero-order valence-electron chi connectivity index (χ0n) is 21.0. The molecule has 0 aliphatic rings. The van der Waals surface area contributed by atoms with Crippen LogP contribution in [-0.4, -0.2) is 39.7 Å². The third-order valence-electron chi connectivity index (χ3n) is 5.26. The summed E-state index contributed by atoms with van der Waals surface area (Å²) in [5.74, 6) is 0.159. The lowest BCUT2D eigenvalue weighted by Gasteiger charge is -2.21. The summed E-state index contributed by atoms with van der Waals surface area (Å²) in [6.07, 6.45) is 2.60. The van der Waals surface area contributed by atoms with Gasteiger partial charge >= 0.3 is 5.97 Å². The van der Waals surface area contributed by atoms with Crippen LogP contribution in [0.5, 0.6) is 11.5 Å². The molecule has 0 bridgehead atoms. The van der Waals surface area contributed by atoms with Crippen molar-refractivity contribution in [3.63, 3.8) is 0 Å². The Balaban J connectivity index is 2.18. The second kappa shape index (κ2) is 11.1. The van der Waals surface area contributed by atoms with Crippen LogP contribution in [0.3, 0.4) is 0 Å². The van der Waals surface area contributed by atoms with Gasteiger partial charge in [0.25, 0.3) is 5.56 Å². The van der Waals surface area contributed by atoms with Crippen molar-refractivity contribution >= 4 is 39.0 Å². The molecule has 9 heteroatoms. The lowest BCUT2D eigenvalue weighted by molar-refractivity contribution is -0.144. The number of nitrogens with zero attached hydrogens (tertiary/aromatic N) is 3. The van der Waals surface area contributed by atoms with Crippen LogP contribution in [-0.2, 0) is 16.6 Å². The minimum atomic E-state index is -1.09. The van der Waals surface area contributed by atoms with Crippen molar-refractivity contribution in [2.45, 2.75) is 52.6 Å². The maximum atomic E-state index is 13.4. The number of hydrogen-bond donors (Lipinski definition) is 1. The van der Waals surface area contributed by atoms with E-state index in [1.54, 1.807) is 30.5 Å². The topological polar surface area (TPSA) is 103 Å². The molecule has 36 heavy (non-hydrogen) atoms. The Hall–Kier alpha value is -3.46. The number of aliphatic carboxylic acids is 1. The standard InChI is InChI=1S/C27H30BrN3O5/c1-7-9-18-12-17(13-22(35-8-2)23(18)36-16(3)25(33)34)15-29-31-24(32)20-14-19(28)10-11-21(20)30-26(31)27(4,5)6/h7,10-16H,1,8-9H2,2-6H3,(H,33,34)/t16-/m1/s1. The first-order chi connectivity index (χ1) is 17.0. The van der Waals surface area contributed by atoms with Crippen LogP contribution < -0.4 is 15.0 Å². The van der Waals surface area contributed by atoms with Crippen LogP contribution in [0.4, 0.5) is 0 Å². The number of carbonyl (C=O) groups is 1. The van der Waals surface area contributed by atoms with Gasteiger partial charge in [0.2, 0.25) is 0 Å². The van der Waals surface area contributed by atoms with E-state index < -0.39 is 17.5 Å². The van der Waals surface area contributed by atoms with Gasteiger partial charge in [0.15, 0.2) is 17.6 Å².